The van der Waals surface area contributed by atoms with Gasteiger partial charge in [0.25, 0.3) is 5.91 Å². The smallest absolute Gasteiger partial charge is 0.289 e. The molecule has 4 heterocycles. The standard InChI is InChI=1S/C19H27NO5/c1-14-2-9-23-17(14)18(21)20-6-5-19(13-20)10-16(12-25-19)24-11-15-3-7-22-8-4-15/h2,9,15-16H,3-8,10-13H2,1H3/t16-,19-/m1/s1. The number of amides is 1. The molecule has 2 atom stereocenters. The van der Waals surface area contributed by atoms with Crippen molar-refractivity contribution in [1.82, 2.24) is 4.90 Å². The van der Waals surface area contributed by atoms with Crippen LogP contribution in [0, 0.1) is 12.8 Å². The number of hydrogen-bond acceptors (Lipinski definition) is 5. The van der Waals surface area contributed by atoms with Crippen LogP contribution in [0.2, 0.25) is 0 Å². The molecule has 1 aromatic rings. The van der Waals surface area contributed by atoms with Crippen LogP contribution >= 0.6 is 0 Å². The lowest BCUT2D eigenvalue weighted by Crippen LogP contribution is -2.36. The van der Waals surface area contributed by atoms with Crippen LogP contribution in [0.4, 0.5) is 0 Å². The molecule has 0 N–H and O–H groups in total. The van der Waals surface area contributed by atoms with Gasteiger partial charge < -0.3 is 23.5 Å². The summed E-state index contributed by atoms with van der Waals surface area (Å²) in [6, 6.07) is 1.82. The van der Waals surface area contributed by atoms with E-state index in [0.717, 1.165) is 51.1 Å². The normalized spacial score (nSPS) is 30.4. The van der Waals surface area contributed by atoms with Crippen molar-refractivity contribution in [3.05, 3.63) is 23.7 Å². The van der Waals surface area contributed by atoms with Crippen molar-refractivity contribution in [3.8, 4) is 0 Å². The quantitative estimate of drug-likeness (QED) is 0.835. The molecule has 0 aliphatic carbocycles. The predicted octanol–water partition coefficient (Wildman–Crippen LogP) is 2.40. The van der Waals surface area contributed by atoms with E-state index in [-0.39, 0.29) is 17.6 Å². The zero-order valence-electron chi connectivity index (χ0n) is 14.9. The molecule has 0 unspecified atom stereocenters. The van der Waals surface area contributed by atoms with E-state index in [9.17, 15) is 4.79 Å². The maximum Gasteiger partial charge on any atom is 0.289 e. The Bertz CT molecular complexity index is 609. The molecule has 25 heavy (non-hydrogen) atoms. The Labute approximate surface area is 148 Å². The Balaban J connectivity index is 1.29. The summed E-state index contributed by atoms with van der Waals surface area (Å²) in [5.41, 5.74) is 0.646. The van der Waals surface area contributed by atoms with Crippen LogP contribution in [0.5, 0.6) is 0 Å². The van der Waals surface area contributed by atoms with Crippen molar-refractivity contribution < 1.29 is 23.4 Å². The largest absolute Gasteiger partial charge is 0.459 e. The van der Waals surface area contributed by atoms with Crippen molar-refractivity contribution in [3.63, 3.8) is 0 Å². The molecule has 138 valence electrons. The summed E-state index contributed by atoms with van der Waals surface area (Å²) in [6.45, 7) is 6.36. The summed E-state index contributed by atoms with van der Waals surface area (Å²) in [6.07, 6.45) is 5.63. The van der Waals surface area contributed by atoms with Crippen molar-refractivity contribution in [2.45, 2.75) is 44.3 Å². The maximum atomic E-state index is 12.6. The maximum absolute atomic E-state index is 12.6. The molecule has 0 aromatic carbocycles. The average molecular weight is 349 g/mol. The number of nitrogens with zero attached hydrogens (tertiary/aromatic N) is 1. The first-order valence-electron chi connectivity index (χ1n) is 9.32. The third kappa shape index (κ3) is 3.61. The minimum atomic E-state index is -0.240. The first-order chi connectivity index (χ1) is 12.2. The molecular formula is C19H27NO5. The molecule has 0 bridgehead atoms. The first-order valence-corrected chi connectivity index (χ1v) is 9.32. The van der Waals surface area contributed by atoms with Gasteiger partial charge in [-0.25, -0.2) is 0 Å². The number of likely N-dealkylation sites (tertiary alicyclic amines) is 1. The van der Waals surface area contributed by atoms with Crippen LogP contribution in [0.3, 0.4) is 0 Å². The monoisotopic (exact) mass is 349 g/mol. The van der Waals surface area contributed by atoms with Gasteiger partial charge in [-0.1, -0.05) is 0 Å². The molecule has 0 saturated carbocycles. The Morgan fingerprint density at radius 1 is 1.40 bits per heavy atom. The fourth-order valence-corrected chi connectivity index (χ4v) is 4.13. The summed E-state index contributed by atoms with van der Waals surface area (Å²) in [7, 11) is 0. The fraction of sp³-hybridized carbons (Fsp3) is 0.737. The van der Waals surface area contributed by atoms with Gasteiger partial charge in [0.15, 0.2) is 5.76 Å². The van der Waals surface area contributed by atoms with Gasteiger partial charge in [0.2, 0.25) is 0 Å². The number of furan rings is 1. The summed E-state index contributed by atoms with van der Waals surface area (Å²) in [4.78, 5) is 14.5. The summed E-state index contributed by atoms with van der Waals surface area (Å²) in [5.74, 6) is 1.02. The Hall–Kier alpha value is -1.37. The summed E-state index contributed by atoms with van der Waals surface area (Å²) < 4.78 is 23.0. The molecule has 4 rings (SSSR count). The molecule has 0 radical (unpaired) electrons. The molecule has 3 aliphatic heterocycles. The van der Waals surface area contributed by atoms with Gasteiger partial charge in [0.1, 0.15) is 0 Å². The second-order valence-corrected chi connectivity index (χ2v) is 7.62. The van der Waals surface area contributed by atoms with Gasteiger partial charge in [0.05, 0.1) is 37.7 Å². The molecule has 6 heteroatoms. The molecule has 3 fully saturated rings. The van der Waals surface area contributed by atoms with Gasteiger partial charge in [0, 0.05) is 31.7 Å². The molecule has 6 nitrogen and oxygen atoms in total. The fourth-order valence-electron chi connectivity index (χ4n) is 4.13. The lowest BCUT2D eigenvalue weighted by atomic mass is 9.98. The van der Waals surface area contributed by atoms with E-state index in [0.29, 0.717) is 31.4 Å². The Morgan fingerprint density at radius 3 is 3.00 bits per heavy atom. The van der Waals surface area contributed by atoms with Crippen LogP contribution in [0.15, 0.2) is 16.7 Å². The highest BCUT2D eigenvalue weighted by Gasteiger charge is 2.47. The number of rotatable bonds is 4. The lowest BCUT2D eigenvalue weighted by Gasteiger charge is -2.24. The van der Waals surface area contributed by atoms with Crippen molar-refractivity contribution >= 4 is 5.91 Å². The van der Waals surface area contributed by atoms with Crippen LogP contribution in [-0.2, 0) is 14.2 Å². The SMILES string of the molecule is Cc1ccoc1C(=O)N1CC[C@@]2(C[C@@H](OCC3CCOCC3)CO2)C1. The molecule has 1 spiro atoms. The second kappa shape index (κ2) is 7.09. The van der Waals surface area contributed by atoms with E-state index in [1.165, 1.54) is 0 Å². The third-order valence-electron chi connectivity index (χ3n) is 5.74. The zero-order chi connectivity index (χ0) is 17.3. The molecular weight excluding hydrogens is 322 g/mol. The highest BCUT2D eigenvalue weighted by atomic mass is 16.6. The molecule has 3 aliphatic rings. The number of ether oxygens (including phenoxy) is 3. The highest BCUT2D eigenvalue weighted by Crippen LogP contribution is 2.37. The lowest BCUT2D eigenvalue weighted by molar-refractivity contribution is -0.0186. The van der Waals surface area contributed by atoms with E-state index in [1.807, 2.05) is 17.9 Å². The minimum Gasteiger partial charge on any atom is -0.459 e. The van der Waals surface area contributed by atoms with Gasteiger partial charge in [-0.3, -0.25) is 4.79 Å². The van der Waals surface area contributed by atoms with Gasteiger partial charge in [-0.2, -0.15) is 0 Å². The van der Waals surface area contributed by atoms with E-state index >= 15 is 0 Å². The first kappa shape index (κ1) is 17.1. The van der Waals surface area contributed by atoms with E-state index in [2.05, 4.69) is 0 Å². The minimum absolute atomic E-state index is 0.0328. The third-order valence-corrected chi connectivity index (χ3v) is 5.74. The average Bonchev–Trinajstić information content (AvgIpc) is 3.35. The Morgan fingerprint density at radius 2 is 2.24 bits per heavy atom. The van der Waals surface area contributed by atoms with E-state index in [1.54, 1.807) is 6.26 Å². The topological polar surface area (TPSA) is 61.1 Å². The van der Waals surface area contributed by atoms with Crippen molar-refractivity contribution in [2.24, 2.45) is 5.92 Å². The van der Waals surface area contributed by atoms with Crippen LogP contribution in [0.25, 0.3) is 0 Å². The summed E-state index contributed by atoms with van der Waals surface area (Å²) in [5, 5.41) is 0. The summed E-state index contributed by atoms with van der Waals surface area (Å²) >= 11 is 0. The number of carbonyl (C=O) groups excluding carboxylic acids is 1. The molecule has 1 aromatic heterocycles. The van der Waals surface area contributed by atoms with Crippen LogP contribution in [-0.4, -0.2) is 62.0 Å². The predicted molar refractivity (Wildman–Crippen MR) is 90.5 cm³/mol. The van der Waals surface area contributed by atoms with Gasteiger partial charge >= 0.3 is 0 Å². The van der Waals surface area contributed by atoms with Crippen LogP contribution < -0.4 is 0 Å². The van der Waals surface area contributed by atoms with E-state index < -0.39 is 0 Å². The molecule has 3 saturated heterocycles. The van der Waals surface area contributed by atoms with E-state index in [4.69, 9.17) is 18.6 Å². The molecule has 1 amide bonds. The van der Waals surface area contributed by atoms with Crippen molar-refractivity contribution in [2.75, 3.05) is 39.5 Å². The number of aryl methyl sites for hydroxylation is 1. The second-order valence-electron chi connectivity index (χ2n) is 7.62. The van der Waals surface area contributed by atoms with Gasteiger partial charge in [-0.05, 0) is 38.2 Å². The van der Waals surface area contributed by atoms with Crippen molar-refractivity contribution in [1.29, 1.82) is 0 Å². The number of carbonyl (C=O) groups is 1. The zero-order valence-corrected chi connectivity index (χ0v) is 14.9. The van der Waals surface area contributed by atoms with Crippen LogP contribution in [0.1, 0.15) is 41.8 Å². The highest BCUT2D eigenvalue weighted by molar-refractivity contribution is 5.93. The number of hydrogen-bond donors (Lipinski definition) is 0. The Kier molecular flexibility index (Phi) is 4.84. The van der Waals surface area contributed by atoms with Gasteiger partial charge in [-0.15, -0.1) is 0 Å².